The number of rotatable bonds is 5. The van der Waals surface area contributed by atoms with Gasteiger partial charge in [-0.1, -0.05) is 25.7 Å². The van der Waals surface area contributed by atoms with Crippen molar-refractivity contribution in [2.24, 2.45) is 17.6 Å². The molecule has 0 amide bonds. The summed E-state index contributed by atoms with van der Waals surface area (Å²) in [4.78, 5) is 0. The fraction of sp³-hybridized carbons (Fsp3) is 1.00. The van der Waals surface area contributed by atoms with Crippen molar-refractivity contribution >= 4 is 0 Å². The van der Waals surface area contributed by atoms with E-state index in [9.17, 15) is 0 Å². The Morgan fingerprint density at radius 1 is 1.12 bits per heavy atom. The summed E-state index contributed by atoms with van der Waals surface area (Å²) in [5, 5.41) is 0. The van der Waals surface area contributed by atoms with Gasteiger partial charge in [0, 0.05) is 12.6 Å². The highest BCUT2D eigenvalue weighted by Crippen LogP contribution is 2.36. The van der Waals surface area contributed by atoms with Crippen LogP contribution in [0.4, 0.5) is 0 Å². The largest absolute Gasteiger partial charge is 0.378 e. The first-order valence-electron chi connectivity index (χ1n) is 7.66. The lowest BCUT2D eigenvalue weighted by Crippen LogP contribution is -2.38. The van der Waals surface area contributed by atoms with Gasteiger partial charge in [-0.05, 0) is 50.9 Å². The van der Waals surface area contributed by atoms with Gasteiger partial charge in [0.1, 0.15) is 0 Å². The van der Waals surface area contributed by atoms with Crippen molar-refractivity contribution < 1.29 is 4.74 Å². The summed E-state index contributed by atoms with van der Waals surface area (Å²) in [6, 6.07) is 0.459. The van der Waals surface area contributed by atoms with E-state index in [0.717, 1.165) is 18.4 Å². The Kier molecular flexibility index (Phi) is 5.30. The van der Waals surface area contributed by atoms with Gasteiger partial charge in [-0.15, -0.1) is 0 Å². The highest BCUT2D eigenvalue weighted by molar-refractivity contribution is 4.86. The zero-order valence-electron chi connectivity index (χ0n) is 11.4. The van der Waals surface area contributed by atoms with Gasteiger partial charge < -0.3 is 10.5 Å². The summed E-state index contributed by atoms with van der Waals surface area (Å²) in [6.07, 6.45) is 12.7. The molecule has 17 heavy (non-hydrogen) atoms. The number of hydrogen-bond acceptors (Lipinski definition) is 2. The average molecular weight is 239 g/mol. The SMILES string of the molecule is CCOC1CC(CC(N)C2CCCCCC2)C1. The van der Waals surface area contributed by atoms with Crippen LogP contribution in [0.15, 0.2) is 0 Å². The average Bonchev–Trinajstić information content (AvgIpc) is 2.54. The molecule has 2 fully saturated rings. The molecule has 0 spiro atoms. The normalized spacial score (nSPS) is 32.8. The number of ether oxygens (including phenoxy) is 1. The second kappa shape index (κ2) is 6.75. The van der Waals surface area contributed by atoms with Crippen LogP contribution >= 0.6 is 0 Å². The van der Waals surface area contributed by atoms with Crippen LogP contribution in [0.5, 0.6) is 0 Å². The molecule has 0 aromatic carbocycles. The van der Waals surface area contributed by atoms with Crippen molar-refractivity contribution in [3.63, 3.8) is 0 Å². The van der Waals surface area contributed by atoms with Gasteiger partial charge in [0.15, 0.2) is 0 Å². The predicted molar refractivity (Wildman–Crippen MR) is 71.9 cm³/mol. The van der Waals surface area contributed by atoms with E-state index >= 15 is 0 Å². The fourth-order valence-corrected chi connectivity index (χ4v) is 3.56. The Hall–Kier alpha value is -0.0800. The Morgan fingerprint density at radius 2 is 1.76 bits per heavy atom. The van der Waals surface area contributed by atoms with Gasteiger partial charge in [-0.3, -0.25) is 0 Å². The lowest BCUT2D eigenvalue weighted by Gasteiger charge is -2.37. The minimum absolute atomic E-state index is 0.459. The third-order valence-electron chi connectivity index (χ3n) is 4.71. The maximum absolute atomic E-state index is 6.41. The van der Waals surface area contributed by atoms with Crippen molar-refractivity contribution in [1.82, 2.24) is 0 Å². The standard InChI is InChI=1S/C15H29NO/c1-2-17-14-9-12(10-14)11-15(16)13-7-5-3-4-6-8-13/h12-15H,2-11,16H2,1H3. The quantitative estimate of drug-likeness (QED) is 0.745. The van der Waals surface area contributed by atoms with E-state index in [1.165, 1.54) is 57.8 Å². The van der Waals surface area contributed by atoms with Crippen LogP contribution in [-0.2, 0) is 4.74 Å². The molecule has 1 unspecified atom stereocenters. The first-order chi connectivity index (χ1) is 8.29. The van der Waals surface area contributed by atoms with Gasteiger partial charge in [-0.2, -0.15) is 0 Å². The van der Waals surface area contributed by atoms with Gasteiger partial charge in [-0.25, -0.2) is 0 Å². The number of hydrogen-bond donors (Lipinski definition) is 1. The summed E-state index contributed by atoms with van der Waals surface area (Å²) < 4.78 is 5.61. The maximum Gasteiger partial charge on any atom is 0.0580 e. The summed E-state index contributed by atoms with van der Waals surface area (Å²) in [7, 11) is 0. The van der Waals surface area contributed by atoms with Crippen LogP contribution in [0.1, 0.15) is 64.7 Å². The smallest absolute Gasteiger partial charge is 0.0580 e. The third-order valence-corrected chi connectivity index (χ3v) is 4.71. The van der Waals surface area contributed by atoms with E-state index in [1.54, 1.807) is 0 Å². The summed E-state index contributed by atoms with van der Waals surface area (Å²) in [5.74, 6) is 1.66. The summed E-state index contributed by atoms with van der Waals surface area (Å²) in [5.41, 5.74) is 6.41. The minimum Gasteiger partial charge on any atom is -0.378 e. The Labute approximate surface area is 106 Å². The second-order valence-corrected chi connectivity index (χ2v) is 6.07. The molecule has 0 aromatic rings. The van der Waals surface area contributed by atoms with Crippen LogP contribution in [-0.4, -0.2) is 18.8 Å². The molecular weight excluding hydrogens is 210 g/mol. The molecule has 0 heterocycles. The van der Waals surface area contributed by atoms with E-state index in [4.69, 9.17) is 10.5 Å². The third kappa shape index (κ3) is 3.96. The second-order valence-electron chi connectivity index (χ2n) is 6.07. The molecule has 0 aliphatic heterocycles. The van der Waals surface area contributed by atoms with Crippen molar-refractivity contribution in [1.29, 1.82) is 0 Å². The molecule has 0 aromatic heterocycles. The summed E-state index contributed by atoms with van der Waals surface area (Å²) in [6.45, 7) is 2.96. The monoisotopic (exact) mass is 239 g/mol. The summed E-state index contributed by atoms with van der Waals surface area (Å²) >= 11 is 0. The molecule has 2 N–H and O–H groups in total. The molecule has 1 atom stereocenters. The lowest BCUT2D eigenvalue weighted by molar-refractivity contribution is -0.0297. The van der Waals surface area contributed by atoms with Crippen LogP contribution < -0.4 is 5.73 Å². The molecule has 2 aliphatic carbocycles. The lowest BCUT2D eigenvalue weighted by atomic mass is 9.75. The highest BCUT2D eigenvalue weighted by Gasteiger charge is 2.32. The van der Waals surface area contributed by atoms with Gasteiger partial charge in [0.2, 0.25) is 0 Å². The van der Waals surface area contributed by atoms with Crippen LogP contribution in [0.2, 0.25) is 0 Å². The van der Waals surface area contributed by atoms with Crippen molar-refractivity contribution in [3.05, 3.63) is 0 Å². The first kappa shape index (κ1) is 13.4. The molecule has 2 aliphatic rings. The minimum atomic E-state index is 0.459. The Morgan fingerprint density at radius 3 is 2.35 bits per heavy atom. The highest BCUT2D eigenvalue weighted by atomic mass is 16.5. The van der Waals surface area contributed by atoms with Gasteiger partial charge in [0.25, 0.3) is 0 Å². The van der Waals surface area contributed by atoms with Gasteiger partial charge in [0.05, 0.1) is 6.10 Å². The molecule has 100 valence electrons. The molecule has 2 heteroatoms. The molecule has 2 rings (SSSR count). The van der Waals surface area contributed by atoms with E-state index < -0.39 is 0 Å². The van der Waals surface area contributed by atoms with Crippen LogP contribution in [0.3, 0.4) is 0 Å². The van der Waals surface area contributed by atoms with Crippen molar-refractivity contribution in [2.75, 3.05) is 6.61 Å². The van der Waals surface area contributed by atoms with Crippen LogP contribution in [0, 0.1) is 11.8 Å². The molecule has 2 nitrogen and oxygen atoms in total. The molecule has 0 saturated heterocycles. The molecular formula is C15H29NO. The molecule has 0 bridgehead atoms. The van der Waals surface area contributed by atoms with E-state index in [2.05, 4.69) is 6.92 Å². The zero-order chi connectivity index (χ0) is 12.1. The van der Waals surface area contributed by atoms with E-state index in [-0.39, 0.29) is 0 Å². The van der Waals surface area contributed by atoms with Crippen molar-refractivity contribution in [3.8, 4) is 0 Å². The van der Waals surface area contributed by atoms with E-state index in [1.807, 2.05) is 0 Å². The predicted octanol–water partition coefficient (Wildman–Crippen LogP) is 3.49. The van der Waals surface area contributed by atoms with E-state index in [0.29, 0.717) is 12.1 Å². The van der Waals surface area contributed by atoms with Crippen molar-refractivity contribution in [2.45, 2.75) is 76.9 Å². The Bertz CT molecular complexity index is 205. The Balaban J connectivity index is 1.65. The first-order valence-corrected chi connectivity index (χ1v) is 7.66. The molecule has 2 saturated carbocycles. The van der Waals surface area contributed by atoms with Gasteiger partial charge >= 0.3 is 0 Å². The van der Waals surface area contributed by atoms with Crippen LogP contribution in [0.25, 0.3) is 0 Å². The maximum atomic E-state index is 6.41. The number of nitrogens with two attached hydrogens (primary N) is 1. The zero-order valence-corrected chi connectivity index (χ0v) is 11.4. The fourth-order valence-electron chi connectivity index (χ4n) is 3.56. The molecule has 0 radical (unpaired) electrons. The topological polar surface area (TPSA) is 35.2 Å².